The molecule has 0 N–H and O–H groups in total. The first kappa shape index (κ1) is 8.78. The largest absolute Gasteiger partial charge is 1.00 e. The number of hydrogen-bond donors (Lipinski definition) is 0. The van der Waals surface area contributed by atoms with Gasteiger partial charge in [-0.2, -0.15) is 4.59 Å². The Morgan fingerprint density at radius 1 is 1.56 bits per heavy atom. The molecule has 1 atom stereocenters. The number of hydrogen-bond acceptors (Lipinski definition) is 2. The maximum atomic E-state index is 3.94. The van der Waals surface area contributed by atoms with Crippen molar-refractivity contribution in [2.45, 2.75) is 6.92 Å². The molecule has 1 rings (SSSR count). The van der Waals surface area contributed by atoms with E-state index in [1.165, 1.54) is 0 Å². The fraction of sp³-hybridized carbons (Fsp3) is 0.600. The molecule has 1 aliphatic heterocycles. The zero-order chi connectivity index (χ0) is 6.04. The van der Waals surface area contributed by atoms with Crippen molar-refractivity contribution in [3.8, 4) is 0 Å². The van der Waals surface area contributed by atoms with Crippen LogP contribution in [0.4, 0.5) is 0 Å². The van der Waals surface area contributed by atoms with Gasteiger partial charge in [-0.25, -0.2) is 0 Å². The summed E-state index contributed by atoms with van der Waals surface area (Å²) in [4.78, 5) is 0. The summed E-state index contributed by atoms with van der Waals surface area (Å²) in [6, 6.07) is 0. The van der Waals surface area contributed by atoms with E-state index in [0.717, 1.165) is 6.54 Å². The van der Waals surface area contributed by atoms with Crippen LogP contribution >= 0.6 is 0 Å². The molecule has 0 aliphatic carbocycles. The molecule has 9 heavy (non-hydrogen) atoms. The number of quaternary nitrogens is 1. The second-order valence-corrected chi connectivity index (χ2v) is 2.03. The molecule has 0 radical (unpaired) electrons. The smallest absolute Gasteiger partial charge is 0.144 e. The maximum Gasteiger partial charge on any atom is 0.144 e. The molecule has 1 heterocycles. The van der Waals surface area contributed by atoms with Crippen molar-refractivity contribution in [1.29, 1.82) is 0 Å². The van der Waals surface area contributed by atoms with E-state index in [0.29, 0.717) is 4.59 Å². The van der Waals surface area contributed by atoms with Gasteiger partial charge in [0.15, 0.2) is 0 Å². The molecule has 52 valence electrons. The standard InChI is InChI=1S/C5H10N3.BrH/c1-3-8(2)5-4-6-7-8;/h4-5H,3H2,1-2H3;1H/q+1;/p-1. The fourth-order valence-corrected chi connectivity index (χ4v) is 0.520. The van der Waals surface area contributed by atoms with E-state index in [1.807, 2.05) is 13.2 Å². The first-order valence-electron chi connectivity index (χ1n) is 2.72. The summed E-state index contributed by atoms with van der Waals surface area (Å²) < 4.78 is 0.597. The number of halogens is 1. The average molecular weight is 192 g/mol. The topological polar surface area (TPSA) is 24.7 Å². The molecule has 0 aromatic heterocycles. The monoisotopic (exact) mass is 191 g/mol. The van der Waals surface area contributed by atoms with E-state index in [9.17, 15) is 0 Å². The zero-order valence-electron chi connectivity index (χ0n) is 5.58. The molecule has 0 aromatic rings. The van der Waals surface area contributed by atoms with Gasteiger partial charge >= 0.3 is 0 Å². The van der Waals surface area contributed by atoms with E-state index >= 15 is 0 Å². The average Bonchev–Trinajstić information content (AvgIpc) is 2.17. The van der Waals surface area contributed by atoms with Crippen molar-refractivity contribution in [2.24, 2.45) is 10.3 Å². The Kier molecular flexibility index (Phi) is 3.00. The summed E-state index contributed by atoms with van der Waals surface area (Å²) >= 11 is 0. The van der Waals surface area contributed by atoms with Crippen LogP contribution in [0.3, 0.4) is 0 Å². The molecule has 0 fully saturated rings. The van der Waals surface area contributed by atoms with Gasteiger partial charge < -0.3 is 17.0 Å². The lowest BCUT2D eigenvalue weighted by Gasteiger charge is -2.13. The lowest BCUT2D eigenvalue weighted by atomic mass is 10.6. The van der Waals surface area contributed by atoms with Crippen molar-refractivity contribution in [2.75, 3.05) is 13.6 Å². The third-order valence-corrected chi connectivity index (χ3v) is 1.35. The second-order valence-electron chi connectivity index (χ2n) is 2.03. The summed E-state index contributed by atoms with van der Waals surface area (Å²) in [6.45, 7) is 3.05. The fourth-order valence-electron chi connectivity index (χ4n) is 0.520. The normalized spacial score (nSPS) is 30.4. The Morgan fingerprint density at radius 3 is 2.44 bits per heavy atom. The van der Waals surface area contributed by atoms with Gasteiger partial charge in [-0.3, -0.25) is 0 Å². The molecule has 0 aromatic carbocycles. The summed E-state index contributed by atoms with van der Waals surface area (Å²) in [5, 5.41) is 7.66. The predicted octanol–water partition coefficient (Wildman–Crippen LogP) is -1.69. The Bertz CT molecular complexity index is 129. The Balaban J connectivity index is 0.000000640. The van der Waals surface area contributed by atoms with Crippen molar-refractivity contribution < 1.29 is 21.6 Å². The van der Waals surface area contributed by atoms with Crippen molar-refractivity contribution >= 4 is 0 Å². The third-order valence-electron chi connectivity index (χ3n) is 1.35. The third kappa shape index (κ3) is 1.87. The van der Waals surface area contributed by atoms with Crippen LogP contribution in [-0.4, -0.2) is 18.2 Å². The van der Waals surface area contributed by atoms with Crippen molar-refractivity contribution in [3.63, 3.8) is 0 Å². The molecule has 1 aliphatic rings. The van der Waals surface area contributed by atoms with Crippen LogP contribution in [0.2, 0.25) is 0 Å². The zero-order valence-corrected chi connectivity index (χ0v) is 7.17. The number of nitrogens with zero attached hydrogens (tertiary/aromatic N) is 3. The van der Waals surface area contributed by atoms with E-state index in [2.05, 4.69) is 17.3 Å². The summed E-state index contributed by atoms with van der Waals surface area (Å²) in [5.41, 5.74) is 0. The van der Waals surface area contributed by atoms with E-state index in [4.69, 9.17) is 0 Å². The highest BCUT2D eigenvalue weighted by Gasteiger charge is 2.17. The molecule has 0 saturated carbocycles. The van der Waals surface area contributed by atoms with Crippen molar-refractivity contribution in [3.05, 3.63) is 12.4 Å². The van der Waals surface area contributed by atoms with E-state index in [1.54, 1.807) is 6.20 Å². The van der Waals surface area contributed by atoms with Gasteiger partial charge in [0.25, 0.3) is 0 Å². The SMILES string of the molecule is CC[N+]1(C)C=CN=N1.[Br-]. The maximum absolute atomic E-state index is 3.94. The first-order chi connectivity index (χ1) is 3.77. The van der Waals surface area contributed by atoms with Gasteiger partial charge in [-0.05, 0) is 6.92 Å². The van der Waals surface area contributed by atoms with Crippen LogP contribution in [0.15, 0.2) is 22.7 Å². The van der Waals surface area contributed by atoms with E-state index < -0.39 is 0 Å². The van der Waals surface area contributed by atoms with Crippen LogP contribution in [0, 0.1) is 0 Å². The van der Waals surface area contributed by atoms with Gasteiger partial charge in [-0.15, -0.1) is 5.11 Å². The van der Waals surface area contributed by atoms with Gasteiger partial charge in [0.1, 0.15) is 18.9 Å². The minimum absolute atomic E-state index is 0. The highest BCUT2D eigenvalue weighted by Crippen LogP contribution is 2.10. The minimum Gasteiger partial charge on any atom is -1.00 e. The minimum atomic E-state index is 0. The van der Waals surface area contributed by atoms with Gasteiger partial charge in [-0.1, -0.05) is 0 Å². The molecule has 0 amide bonds. The summed E-state index contributed by atoms with van der Waals surface area (Å²) in [6.07, 6.45) is 3.68. The predicted molar refractivity (Wildman–Crippen MR) is 30.7 cm³/mol. The first-order valence-corrected chi connectivity index (χ1v) is 2.72. The molecular formula is C5H10BrN3. The van der Waals surface area contributed by atoms with Crippen LogP contribution in [0.5, 0.6) is 0 Å². The Hall–Kier alpha value is -0.220. The van der Waals surface area contributed by atoms with Crippen molar-refractivity contribution in [1.82, 2.24) is 0 Å². The van der Waals surface area contributed by atoms with Gasteiger partial charge in [0.2, 0.25) is 0 Å². The number of rotatable bonds is 1. The molecule has 4 heteroatoms. The molecule has 0 saturated heterocycles. The Morgan fingerprint density at radius 2 is 2.22 bits per heavy atom. The van der Waals surface area contributed by atoms with E-state index in [-0.39, 0.29) is 17.0 Å². The lowest BCUT2D eigenvalue weighted by molar-refractivity contribution is -0.865. The lowest BCUT2D eigenvalue weighted by Crippen LogP contribution is -3.00. The van der Waals surface area contributed by atoms with Crippen LogP contribution < -0.4 is 17.0 Å². The highest BCUT2D eigenvalue weighted by molar-refractivity contribution is 4.71. The summed E-state index contributed by atoms with van der Waals surface area (Å²) in [7, 11) is 2.01. The quantitative estimate of drug-likeness (QED) is 0.443. The molecule has 1 unspecified atom stereocenters. The molecule has 3 nitrogen and oxygen atoms in total. The second kappa shape index (κ2) is 3.08. The van der Waals surface area contributed by atoms with Crippen LogP contribution in [0.25, 0.3) is 0 Å². The van der Waals surface area contributed by atoms with Gasteiger partial charge in [0.05, 0.1) is 7.05 Å². The molecular weight excluding hydrogens is 182 g/mol. The molecule has 0 bridgehead atoms. The Labute approximate surface area is 65.4 Å². The van der Waals surface area contributed by atoms with Gasteiger partial charge in [0, 0.05) is 5.22 Å². The van der Waals surface area contributed by atoms with Crippen LogP contribution in [0.1, 0.15) is 6.92 Å². The van der Waals surface area contributed by atoms with Crippen LogP contribution in [-0.2, 0) is 0 Å². The molecule has 0 spiro atoms. The summed E-state index contributed by atoms with van der Waals surface area (Å²) in [5.74, 6) is 0. The highest BCUT2D eigenvalue weighted by atomic mass is 79.9.